The molecule has 5 nitrogen and oxygen atoms in total. The molecule has 25 heavy (non-hydrogen) atoms. The summed E-state index contributed by atoms with van der Waals surface area (Å²) in [6.45, 7) is 4.07. The van der Waals surface area contributed by atoms with Crippen LogP contribution in [0.25, 0.3) is 0 Å². The monoisotopic (exact) mass is 348 g/mol. The second-order valence-electron chi connectivity index (χ2n) is 9.12. The number of nitrogens with zero attached hydrogens (tertiary/aromatic N) is 1. The van der Waals surface area contributed by atoms with Gasteiger partial charge >= 0.3 is 5.97 Å². The highest BCUT2D eigenvalue weighted by Crippen LogP contribution is 2.87. The van der Waals surface area contributed by atoms with Crippen molar-refractivity contribution in [2.24, 2.45) is 5.41 Å². The van der Waals surface area contributed by atoms with Crippen molar-refractivity contribution in [1.82, 2.24) is 10.2 Å². The molecule has 4 aliphatic rings. The first-order valence-electron chi connectivity index (χ1n) is 10.1. The first-order valence-corrected chi connectivity index (χ1v) is 10.1. The number of likely N-dealkylation sites (tertiary alicyclic amines) is 1. The van der Waals surface area contributed by atoms with Gasteiger partial charge in [-0.15, -0.1) is 0 Å². The molecule has 1 heterocycles. The number of carbonyl (C=O) groups is 2. The van der Waals surface area contributed by atoms with Gasteiger partial charge < -0.3 is 9.53 Å². The van der Waals surface area contributed by atoms with Crippen molar-refractivity contribution in [2.45, 2.75) is 101 Å². The highest BCUT2D eigenvalue weighted by molar-refractivity contribution is 6.08. The minimum absolute atomic E-state index is 0.217. The fourth-order valence-corrected chi connectivity index (χ4v) is 6.54. The van der Waals surface area contributed by atoms with Crippen LogP contribution < -0.4 is 5.32 Å². The molecule has 3 aliphatic carbocycles. The number of carbonyl (C=O) groups excluding carboxylic acids is 2. The van der Waals surface area contributed by atoms with Crippen molar-refractivity contribution in [3.8, 4) is 0 Å². The molecule has 3 atom stereocenters. The van der Waals surface area contributed by atoms with Crippen LogP contribution in [-0.4, -0.2) is 47.0 Å². The highest BCUT2D eigenvalue weighted by atomic mass is 16.5. The largest absolute Gasteiger partial charge is 0.468 e. The summed E-state index contributed by atoms with van der Waals surface area (Å²) in [4.78, 5) is 27.2. The van der Waals surface area contributed by atoms with Gasteiger partial charge in [-0.3, -0.25) is 10.2 Å². The van der Waals surface area contributed by atoms with Crippen LogP contribution in [-0.2, 0) is 14.3 Å². The van der Waals surface area contributed by atoms with Crippen molar-refractivity contribution in [1.29, 1.82) is 0 Å². The molecule has 4 fully saturated rings. The molecule has 1 saturated heterocycles. The summed E-state index contributed by atoms with van der Waals surface area (Å²) in [6.07, 6.45) is 12.9. The quantitative estimate of drug-likeness (QED) is 0.470. The predicted octanol–water partition coefficient (Wildman–Crippen LogP) is 2.77. The summed E-state index contributed by atoms with van der Waals surface area (Å²) in [5.41, 5.74) is -1.99. The summed E-state index contributed by atoms with van der Waals surface area (Å²) in [5.74, 6) is -0.236. The number of esters is 1. The van der Waals surface area contributed by atoms with Crippen LogP contribution in [0.5, 0.6) is 0 Å². The number of methoxy groups -OCH3 is 1. The lowest BCUT2D eigenvalue weighted by Crippen LogP contribution is -2.64. The van der Waals surface area contributed by atoms with Crippen molar-refractivity contribution in [3.05, 3.63) is 0 Å². The molecule has 0 aromatic carbocycles. The third kappa shape index (κ3) is 1.86. The lowest BCUT2D eigenvalue weighted by molar-refractivity contribution is -0.149. The van der Waals surface area contributed by atoms with Crippen LogP contribution in [0.2, 0.25) is 0 Å². The van der Waals surface area contributed by atoms with E-state index >= 15 is 0 Å². The maximum absolute atomic E-state index is 12.8. The molecule has 3 unspecified atom stereocenters. The summed E-state index contributed by atoms with van der Waals surface area (Å²) < 4.78 is 5.17. The van der Waals surface area contributed by atoms with Gasteiger partial charge in [0.1, 0.15) is 11.8 Å². The zero-order valence-electron chi connectivity index (χ0n) is 15.9. The van der Waals surface area contributed by atoms with Gasteiger partial charge in [0.2, 0.25) is 0 Å². The van der Waals surface area contributed by atoms with Gasteiger partial charge in [0.25, 0.3) is 0 Å². The molecule has 140 valence electrons. The van der Waals surface area contributed by atoms with Crippen LogP contribution in [0.4, 0.5) is 0 Å². The van der Waals surface area contributed by atoms with Gasteiger partial charge in [0, 0.05) is 11.5 Å². The molecule has 0 aromatic heterocycles. The van der Waals surface area contributed by atoms with E-state index in [-0.39, 0.29) is 17.0 Å². The zero-order valence-corrected chi connectivity index (χ0v) is 15.9. The number of aldehydes is 1. The Kier molecular flexibility index (Phi) is 3.86. The molecule has 0 bridgehead atoms. The summed E-state index contributed by atoms with van der Waals surface area (Å²) in [7, 11) is 1.44. The van der Waals surface area contributed by atoms with Gasteiger partial charge in [-0.1, -0.05) is 52.4 Å². The average molecular weight is 348 g/mol. The second kappa shape index (κ2) is 5.53. The molecule has 3 saturated carbocycles. The standard InChI is InChI=1S/C20H32N2O3/c1-17(2)19(14-23)20(17,16(24)25-3)22(19)18(12-8-5-9-13-18)21-15-10-6-4-7-11-15/h14-15,21H,4-13H2,1-3H3. The Morgan fingerprint density at radius 3 is 2.24 bits per heavy atom. The Morgan fingerprint density at radius 1 is 1.08 bits per heavy atom. The van der Waals surface area contributed by atoms with Crippen LogP contribution in [0.1, 0.15) is 78.1 Å². The molecule has 1 N–H and O–H groups in total. The molecule has 0 radical (unpaired) electrons. The van der Waals surface area contributed by atoms with Crippen molar-refractivity contribution in [3.63, 3.8) is 0 Å². The highest BCUT2D eigenvalue weighted by Gasteiger charge is 3.08. The molecule has 4 rings (SSSR count). The summed E-state index contributed by atoms with van der Waals surface area (Å²) >= 11 is 0. The molecule has 1 aliphatic heterocycles. The normalized spacial score (nSPS) is 41.5. The van der Waals surface area contributed by atoms with Gasteiger partial charge in [0.15, 0.2) is 5.54 Å². The van der Waals surface area contributed by atoms with Gasteiger partial charge in [-0.05, 0) is 25.7 Å². The smallest absolute Gasteiger partial charge is 0.329 e. The average Bonchev–Trinajstić information content (AvgIpc) is 3.43. The van der Waals surface area contributed by atoms with E-state index in [1.165, 1.54) is 45.6 Å². The third-order valence-electron chi connectivity index (χ3n) is 7.82. The predicted molar refractivity (Wildman–Crippen MR) is 95.0 cm³/mol. The van der Waals surface area contributed by atoms with E-state index < -0.39 is 11.1 Å². The molecular formula is C20H32N2O3. The first-order chi connectivity index (χ1) is 11.9. The number of hydrogen-bond acceptors (Lipinski definition) is 5. The molecule has 5 heteroatoms. The van der Waals surface area contributed by atoms with E-state index in [9.17, 15) is 9.59 Å². The summed E-state index contributed by atoms with van der Waals surface area (Å²) in [6, 6.07) is 0.508. The Bertz CT molecular complexity index is 577. The molecule has 0 spiro atoms. The van der Waals surface area contributed by atoms with Crippen LogP contribution in [0.3, 0.4) is 0 Å². The van der Waals surface area contributed by atoms with Crippen LogP contribution >= 0.6 is 0 Å². The SMILES string of the molecule is COC(=O)C12N(C3(NC4CCCCC4)CCCCC3)C1(C=O)C2(C)C. The minimum atomic E-state index is -0.754. The van der Waals surface area contributed by atoms with E-state index in [1.807, 2.05) is 13.8 Å². The Morgan fingerprint density at radius 2 is 1.68 bits per heavy atom. The van der Waals surface area contributed by atoms with Gasteiger partial charge in [-0.25, -0.2) is 4.79 Å². The fourth-order valence-electron chi connectivity index (χ4n) is 6.54. The van der Waals surface area contributed by atoms with E-state index in [1.54, 1.807) is 0 Å². The van der Waals surface area contributed by atoms with Crippen LogP contribution in [0.15, 0.2) is 0 Å². The van der Waals surface area contributed by atoms with Crippen molar-refractivity contribution in [2.75, 3.05) is 7.11 Å². The van der Waals surface area contributed by atoms with Crippen molar-refractivity contribution >= 4 is 12.3 Å². The first kappa shape index (κ1) is 17.5. The molecular weight excluding hydrogens is 316 g/mol. The maximum atomic E-state index is 12.8. The minimum Gasteiger partial charge on any atom is -0.468 e. The van der Waals surface area contributed by atoms with E-state index in [0.29, 0.717) is 6.04 Å². The number of rotatable bonds is 5. The zero-order chi connectivity index (χ0) is 17.9. The Hall–Kier alpha value is -0.940. The number of fused-ring (bicyclic) bond motifs is 1. The summed E-state index contributed by atoms with van der Waals surface area (Å²) in [5, 5.41) is 3.95. The van der Waals surface area contributed by atoms with E-state index in [0.717, 1.165) is 32.0 Å². The molecule has 0 aromatic rings. The van der Waals surface area contributed by atoms with E-state index in [4.69, 9.17) is 4.74 Å². The fraction of sp³-hybridized carbons (Fsp3) is 0.900. The Balaban J connectivity index is 1.67. The lowest BCUT2D eigenvalue weighted by atomic mass is 9.82. The maximum Gasteiger partial charge on any atom is 0.329 e. The van der Waals surface area contributed by atoms with Gasteiger partial charge in [0.05, 0.1) is 12.8 Å². The number of ether oxygens (including phenoxy) is 1. The molecule has 0 amide bonds. The lowest BCUT2D eigenvalue weighted by Gasteiger charge is -2.49. The second-order valence-corrected chi connectivity index (χ2v) is 9.12. The Labute approximate surface area is 150 Å². The van der Waals surface area contributed by atoms with Crippen LogP contribution in [0, 0.1) is 5.41 Å². The third-order valence-corrected chi connectivity index (χ3v) is 7.82. The number of nitrogens with one attached hydrogen (secondary N) is 1. The van der Waals surface area contributed by atoms with Gasteiger partial charge in [-0.2, -0.15) is 0 Å². The number of hydrogen-bond donors (Lipinski definition) is 1. The van der Waals surface area contributed by atoms with E-state index in [2.05, 4.69) is 10.2 Å². The van der Waals surface area contributed by atoms with Crippen molar-refractivity contribution < 1.29 is 14.3 Å². The topological polar surface area (TPSA) is 58.4 Å².